The Labute approximate surface area is 238 Å². The Kier molecular flexibility index (Phi) is 9.56. The van der Waals surface area contributed by atoms with Crippen molar-refractivity contribution in [2.24, 2.45) is 0 Å². The number of nitrogens with zero attached hydrogens (tertiary/aromatic N) is 7. The minimum atomic E-state index is -0.526. The van der Waals surface area contributed by atoms with Gasteiger partial charge in [0.25, 0.3) is 0 Å². The van der Waals surface area contributed by atoms with E-state index in [4.69, 9.17) is 5.73 Å². The summed E-state index contributed by atoms with van der Waals surface area (Å²) in [6.07, 6.45) is 7.37. The van der Waals surface area contributed by atoms with Gasteiger partial charge in [0.05, 0.1) is 25.1 Å². The first-order chi connectivity index (χ1) is 18.9. The molecule has 10 nitrogen and oxygen atoms in total. The van der Waals surface area contributed by atoms with Crippen LogP contribution in [0.5, 0.6) is 0 Å². The minimum absolute atomic E-state index is 0. The number of nitrogen functional groups attached to an aromatic ring is 1. The Morgan fingerprint density at radius 2 is 1.90 bits per heavy atom. The number of rotatable bonds is 9. The van der Waals surface area contributed by atoms with E-state index in [1.165, 1.54) is 6.07 Å². The van der Waals surface area contributed by atoms with Crippen molar-refractivity contribution in [3.8, 4) is 5.82 Å². The molecule has 4 heterocycles. The highest BCUT2D eigenvalue weighted by molar-refractivity contribution is 5.85. The molecular weight excluding hydrogens is 542 g/mol. The predicted octanol–water partition coefficient (Wildman–Crippen LogP) is 2.19. The second-order valence-corrected chi connectivity index (χ2v) is 9.91. The Balaban J connectivity index is 0.00000370. The standard InChI is InChI=1S/C27H34F2N8O2.ClH/c1-18-19(16-31-37(18)26-15-25(32-27(30)33-26)35(9-11-38)10-12-39)3-2-6-34-7-8-36-21(17-34)4-5-22-23(29)13-20(28)14-24(22)36;/h2-3,13-16,21,38-39H,4-12,17H2,1H3,(H2,30,32,33);1H/b3-2+;. The molecule has 0 saturated carbocycles. The Hall–Kier alpha value is -3.32. The molecule has 3 aromatic rings. The molecular formula is C27H35ClF2N8O2. The quantitative estimate of drug-likeness (QED) is 0.352. The summed E-state index contributed by atoms with van der Waals surface area (Å²) in [6.45, 7) is 5.49. The average molecular weight is 577 g/mol. The maximum absolute atomic E-state index is 14.2. The number of nitrogens with two attached hydrogens (primary N) is 1. The van der Waals surface area contributed by atoms with E-state index in [2.05, 4.69) is 30.9 Å². The number of fused-ring (bicyclic) bond motifs is 3. The monoisotopic (exact) mass is 576 g/mol. The molecule has 0 spiro atoms. The van der Waals surface area contributed by atoms with E-state index in [9.17, 15) is 19.0 Å². The number of benzene rings is 1. The highest BCUT2D eigenvalue weighted by atomic mass is 35.5. The topological polar surface area (TPSA) is 120 Å². The molecule has 0 radical (unpaired) electrons. The highest BCUT2D eigenvalue weighted by Crippen LogP contribution is 2.35. The fourth-order valence-electron chi connectivity index (χ4n) is 5.49. The van der Waals surface area contributed by atoms with Gasteiger partial charge in [0.2, 0.25) is 5.95 Å². The molecule has 1 unspecified atom stereocenters. The summed E-state index contributed by atoms with van der Waals surface area (Å²) >= 11 is 0. The van der Waals surface area contributed by atoms with Gasteiger partial charge in [0.15, 0.2) is 5.82 Å². The van der Waals surface area contributed by atoms with Crippen LogP contribution in [0.25, 0.3) is 11.9 Å². The first-order valence-corrected chi connectivity index (χ1v) is 13.2. The van der Waals surface area contributed by atoms with E-state index in [-0.39, 0.29) is 37.6 Å². The third-order valence-electron chi connectivity index (χ3n) is 7.45. The molecule has 0 aliphatic carbocycles. The zero-order valence-electron chi connectivity index (χ0n) is 22.4. The number of hydrogen-bond donors (Lipinski definition) is 3. The van der Waals surface area contributed by atoms with Crippen LogP contribution in [0.15, 0.2) is 30.5 Å². The van der Waals surface area contributed by atoms with Crippen LogP contribution >= 0.6 is 12.4 Å². The van der Waals surface area contributed by atoms with Gasteiger partial charge in [-0.15, -0.1) is 12.4 Å². The lowest BCUT2D eigenvalue weighted by Gasteiger charge is -2.46. The number of anilines is 3. The van der Waals surface area contributed by atoms with Gasteiger partial charge in [-0.1, -0.05) is 12.2 Å². The number of aromatic nitrogens is 4. The van der Waals surface area contributed by atoms with E-state index in [0.717, 1.165) is 49.9 Å². The van der Waals surface area contributed by atoms with Crippen molar-refractivity contribution in [1.29, 1.82) is 0 Å². The Morgan fingerprint density at radius 1 is 1.12 bits per heavy atom. The smallest absolute Gasteiger partial charge is 0.224 e. The van der Waals surface area contributed by atoms with Crippen molar-refractivity contribution in [2.75, 3.05) is 68.0 Å². The average Bonchev–Trinajstić information content (AvgIpc) is 3.28. The molecule has 1 atom stereocenters. The van der Waals surface area contributed by atoms with Crippen molar-refractivity contribution in [2.45, 2.75) is 25.8 Å². The highest BCUT2D eigenvalue weighted by Gasteiger charge is 2.33. The second-order valence-electron chi connectivity index (χ2n) is 9.91. The van der Waals surface area contributed by atoms with Crippen LogP contribution in [0.3, 0.4) is 0 Å². The molecule has 1 aromatic carbocycles. The molecule has 4 N–H and O–H groups in total. The molecule has 2 aliphatic heterocycles. The third-order valence-corrected chi connectivity index (χ3v) is 7.45. The zero-order chi connectivity index (χ0) is 27.5. The summed E-state index contributed by atoms with van der Waals surface area (Å²) in [5, 5.41) is 23.2. The lowest BCUT2D eigenvalue weighted by molar-refractivity contribution is 0.233. The molecule has 13 heteroatoms. The number of hydrogen-bond acceptors (Lipinski definition) is 9. The number of aliphatic hydroxyl groups is 2. The second kappa shape index (κ2) is 12.9. The molecule has 40 heavy (non-hydrogen) atoms. The molecule has 0 bridgehead atoms. The maximum atomic E-state index is 14.2. The molecule has 1 saturated heterocycles. The number of piperazine rings is 1. The van der Waals surface area contributed by atoms with Gasteiger partial charge in [0.1, 0.15) is 17.5 Å². The van der Waals surface area contributed by atoms with E-state index in [0.29, 0.717) is 42.4 Å². The maximum Gasteiger partial charge on any atom is 0.224 e. The van der Waals surface area contributed by atoms with E-state index < -0.39 is 11.6 Å². The summed E-state index contributed by atoms with van der Waals surface area (Å²) in [5.41, 5.74) is 9.10. The van der Waals surface area contributed by atoms with Crippen molar-refractivity contribution in [3.05, 3.63) is 58.9 Å². The Morgan fingerprint density at radius 3 is 2.65 bits per heavy atom. The van der Waals surface area contributed by atoms with Crippen molar-refractivity contribution in [3.63, 3.8) is 0 Å². The van der Waals surface area contributed by atoms with Crippen LogP contribution in [-0.2, 0) is 6.42 Å². The van der Waals surface area contributed by atoms with E-state index >= 15 is 0 Å². The van der Waals surface area contributed by atoms with Crippen LogP contribution in [0.1, 0.15) is 23.2 Å². The van der Waals surface area contributed by atoms with Gasteiger partial charge in [-0.3, -0.25) is 4.90 Å². The van der Waals surface area contributed by atoms with Crippen molar-refractivity contribution < 1.29 is 19.0 Å². The first-order valence-electron chi connectivity index (χ1n) is 13.2. The molecule has 216 valence electrons. The fraction of sp³-hybridized carbons (Fsp3) is 0.444. The summed E-state index contributed by atoms with van der Waals surface area (Å²) in [6, 6.07) is 4.41. The van der Waals surface area contributed by atoms with Gasteiger partial charge >= 0.3 is 0 Å². The van der Waals surface area contributed by atoms with Crippen LogP contribution in [-0.4, -0.2) is 93.4 Å². The third kappa shape index (κ3) is 6.20. The molecule has 2 aromatic heterocycles. The lowest BCUT2D eigenvalue weighted by atomic mass is 9.93. The van der Waals surface area contributed by atoms with Crippen LogP contribution in [0.4, 0.5) is 26.2 Å². The van der Waals surface area contributed by atoms with Crippen LogP contribution in [0.2, 0.25) is 0 Å². The molecule has 5 rings (SSSR count). The summed E-state index contributed by atoms with van der Waals surface area (Å²) in [4.78, 5) is 14.8. The number of halogens is 3. The van der Waals surface area contributed by atoms with Gasteiger partial charge in [-0.05, 0) is 25.8 Å². The molecule has 0 amide bonds. The minimum Gasteiger partial charge on any atom is -0.395 e. The summed E-state index contributed by atoms with van der Waals surface area (Å²) < 4.78 is 29.8. The zero-order valence-corrected chi connectivity index (χ0v) is 23.2. The van der Waals surface area contributed by atoms with Crippen LogP contribution < -0.4 is 15.5 Å². The SMILES string of the molecule is Cc1c(/C=C/CN2CCN3c4cc(F)cc(F)c4CCC3C2)cnn1-c1cc(N(CCO)CCO)nc(N)n1.Cl. The first kappa shape index (κ1) is 29.7. The van der Waals surface area contributed by atoms with Gasteiger partial charge < -0.3 is 25.7 Å². The lowest BCUT2D eigenvalue weighted by Crippen LogP contribution is -2.55. The molecule has 2 aliphatic rings. The van der Waals surface area contributed by atoms with E-state index in [1.807, 2.05) is 13.0 Å². The van der Waals surface area contributed by atoms with Gasteiger partial charge in [-0.2, -0.15) is 15.1 Å². The summed E-state index contributed by atoms with van der Waals surface area (Å²) in [7, 11) is 0. The van der Waals surface area contributed by atoms with Gasteiger partial charge in [0, 0.05) is 74.3 Å². The fourth-order valence-corrected chi connectivity index (χ4v) is 5.49. The predicted molar refractivity (Wildman–Crippen MR) is 153 cm³/mol. The van der Waals surface area contributed by atoms with Gasteiger partial charge in [-0.25, -0.2) is 13.5 Å². The summed E-state index contributed by atoms with van der Waals surface area (Å²) in [5.74, 6) is 0.102. The van der Waals surface area contributed by atoms with Crippen molar-refractivity contribution in [1.82, 2.24) is 24.6 Å². The van der Waals surface area contributed by atoms with Crippen LogP contribution in [0, 0.1) is 18.6 Å². The van der Waals surface area contributed by atoms with Crippen molar-refractivity contribution >= 4 is 35.9 Å². The largest absolute Gasteiger partial charge is 0.395 e. The van der Waals surface area contributed by atoms with E-state index in [1.54, 1.807) is 21.8 Å². The normalized spacial score (nSPS) is 17.0. The Bertz CT molecular complexity index is 1350. The number of aliphatic hydroxyl groups excluding tert-OH is 2. The molecule has 1 fully saturated rings.